The summed E-state index contributed by atoms with van der Waals surface area (Å²) < 4.78 is 5.34. The van der Waals surface area contributed by atoms with E-state index >= 15 is 0 Å². The van der Waals surface area contributed by atoms with Gasteiger partial charge in [0.2, 0.25) is 5.91 Å². The Hall–Kier alpha value is -0.610. The van der Waals surface area contributed by atoms with E-state index in [9.17, 15) is 4.79 Å². The third kappa shape index (κ3) is 3.17. The van der Waals surface area contributed by atoms with Gasteiger partial charge in [-0.15, -0.1) is 0 Å². The topological polar surface area (TPSA) is 64.4 Å². The van der Waals surface area contributed by atoms with Crippen LogP contribution in [0, 0.1) is 17.8 Å². The third-order valence-corrected chi connectivity index (χ3v) is 5.71. The van der Waals surface area contributed by atoms with Gasteiger partial charge < -0.3 is 15.8 Å². The Bertz CT molecular complexity index is 341. The van der Waals surface area contributed by atoms with Gasteiger partial charge in [0.25, 0.3) is 0 Å². The second-order valence-electron chi connectivity index (χ2n) is 6.95. The smallest absolute Gasteiger partial charge is 0.237 e. The maximum Gasteiger partial charge on any atom is 0.237 e. The first-order valence-corrected chi connectivity index (χ1v) is 8.37. The molecule has 4 atom stereocenters. The zero-order valence-corrected chi connectivity index (χ0v) is 12.4. The zero-order chi connectivity index (χ0) is 13.9. The molecule has 4 nitrogen and oxygen atoms in total. The SMILES string of the molecule is NC(C(=O)NC1CCC2CCCC2C1)C1CCOCC1. The first kappa shape index (κ1) is 14.3. The largest absolute Gasteiger partial charge is 0.381 e. The van der Waals surface area contributed by atoms with Crippen LogP contribution in [0.15, 0.2) is 0 Å². The van der Waals surface area contributed by atoms with Crippen molar-refractivity contribution in [3.05, 3.63) is 0 Å². The maximum absolute atomic E-state index is 12.3. The number of hydrogen-bond donors (Lipinski definition) is 2. The molecule has 20 heavy (non-hydrogen) atoms. The summed E-state index contributed by atoms with van der Waals surface area (Å²) in [4.78, 5) is 12.3. The highest BCUT2D eigenvalue weighted by Crippen LogP contribution is 2.42. The molecule has 3 aliphatic rings. The second-order valence-corrected chi connectivity index (χ2v) is 6.95. The van der Waals surface area contributed by atoms with E-state index in [1.54, 1.807) is 0 Å². The van der Waals surface area contributed by atoms with E-state index in [1.807, 2.05) is 0 Å². The van der Waals surface area contributed by atoms with Crippen LogP contribution in [0.1, 0.15) is 51.4 Å². The first-order chi connectivity index (χ1) is 9.74. The summed E-state index contributed by atoms with van der Waals surface area (Å²) in [5, 5.41) is 3.22. The lowest BCUT2D eigenvalue weighted by atomic mass is 9.79. The summed E-state index contributed by atoms with van der Waals surface area (Å²) >= 11 is 0. The number of amides is 1. The van der Waals surface area contributed by atoms with E-state index in [2.05, 4.69) is 5.32 Å². The van der Waals surface area contributed by atoms with Crippen molar-refractivity contribution in [2.75, 3.05) is 13.2 Å². The summed E-state index contributed by atoms with van der Waals surface area (Å²) in [7, 11) is 0. The fraction of sp³-hybridized carbons (Fsp3) is 0.938. The average molecular weight is 280 g/mol. The Morgan fingerprint density at radius 1 is 1.05 bits per heavy atom. The summed E-state index contributed by atoms with van der Waals surface area (Å²) in [5.74, 6) is 2.16. The molecule has 1 aliphatic heterocycles. The Kier molecular flexibility index (Phi) is 4.61. The molecule has 4 unspecified atom stereocenters. The predicted molar refractivity (Wildman–Crippen MR) is 78.1 cm³/mol. The highest BCUT2D eigenvalue weighted by atomic mass is 16.5. The molecular formula is C16H28N2O2. The monoisotopic (exact) mass is 280 g/mol. The first-order valence-electron chi connectivity index (χ1n) is 8.37. The Balaban J connectivity index is 1.48. The van der Waals surface area contributed by atoms with Gasteiger partial charge in [0.05, 0.1) is 6.04 Å². The standard InChI is InChI=1S/C16H28N2O2/c17-15(12-6-8-20-9-7-12)16(19)18-14-5-4-11-2-1-3-13(11)10-14/h11-15H,1-10,17H2,(H,18,19). The highest BCUT2D eigenvalue weighted by molar-refractivity contribution is 5.82. The van der Waals surface area contributed by atoms with Crippen molar-refractivity contribution in [3.63, 3.8) is 0 Å². The van der Waals surface area contributed by atoms with E-state index in [-0.39, 0.29) is 11.9 Å². The Morgan fingerprint density at radius 3 is 2.60 bits per heavy atom. The van der Waals surface area contributed by atoms with Crippen LogP contribution in [0.3, 0.4) is 0 Å². The molecule has 1 heterocycles. The quantitative estimate of drug-likeness (QED) is 0.829. The molecule has 4 heteroatoms. The molecule has 1 amide bonds. The Labute approximate surface area is 121 Å². The normalized spacial score (nSPS) is 36.4. The molecule has 0 aromatic heterocycles. The van der Waals surface area contributed by atoms with Crippen molar-refractivity contribution >= 4 is 5.91 Å². The zero-order valence-electron chi connectivity index (χ0n) is 12.4. The number of nitrogens with two attached hydrogens (primary N) is 1. The number of fused-ring (bicyclic) bond motifs is 1. The number of carbonyl (C=O) groups excluding carboxylic acids is 1. The van der Waals surface area contributed by atoms with Gasteiger partial charge in [-0.3, -0.25) is 4.79 Å². The fourth-order valence-corrected chi connectivity index (χ4v) is 4.42. The number of hydrogen-bond acceptors (Lipinski definition) is 3. The van der Waals surface area contributed by atoms with Crippen LogP contribution >= 0.6 is 0 Å². The molecule has 0 spiro atoms. The van der Waals surface area contributed by atoms with E-state index in [0.29, 0.717) is 12.0 Å². The molecule has 2 aliphatic carbocycles. The van der Waals surface area contributed by atoms with Crippen LogP contribution in [0.2, 0.25) is 0 Å². The minimum absolute atomic E-state index is 0.0679. The van der Waals surface area contributed by atoms with Gasteiger partial charge in [-0.05, 0) is 49.9 Å². The molecule has 0 bridgehead atoms. The molecule has 2 saturated carbocycles. The lowest BCUT2D eigenvalue weighted by molar-refractivity contribution is -0.125. The van der Waals surface area contributed by atoms with Gasteiger partial charge >= 0.3 is 0 Å². The number of nitrogens with one attached hydrogen (secondary N) is 1. The molecule has 3 rings (SSSR count). The lowest BCUT2D eigenvalue weighted by Crippen LogP contribution is -2.51. The third-order valence-electron chi connectivity index (χ3n) is 5.71. The van der Waals surface area contributed by atoms with Crippen molar-refractivity contribution in [1.29, 1.82) is 0 Å². The maximum atomic E-state index is 12.3. The number of carbonyl (C=O) groups is 1. The van der Waals surface area contributed by atoms with Crippen LogP contribution < -0.4 is 11.1 Å². The van der Waals surface area contributed by atoms with E-state index < -0.39 is 0 Å². The molecule has 3 N–H and O–H groups in total. The average Bonchev–Trinajstić information content (AvgIpc) is 2.95. The van der Waals surface area contributed by atoms with Crippen molar-refractivity contribution < 1.29 is 9.53 Å². The molecule has 0 aromatic rings. The summed E-state index contributed by atoms with van der Waals surface area (Å²) in [5.41, 5.74) is 6.15. The van der Waals surface area contributed by atoms with Crippen molar-refractivity contribution in [3.8, 4) is 0 Å². The van der Waals surface area contributed by atoms with E-state index in [0.717, 1.165) is 44.3 Å². The molecule has 0 aromatic carbocycles. The van der Waals surface area contributed by atoms with Gasteiger partial charge in [-0.2, -0.15) is 0 Å². The lowest BCUT2D eigenvalue weighted by Gasteiger charge is -2.34. The summed E-state index contributed by atoms with van der Waals surface area (Å²) in [6.45, 7) is 1.50. The second kappa shape index (κ2) is 6.44. The Morgan fingerprint density at radius 2 is 1.80 bits per heavy atom. The minimum Gasteiger partial charge on any atom is -0.381 e. The van der Waals surface area contributed by atoms with E-state index in [1.165, 1.54) is 32.1 Å². The van der Waals surface area contributed by atoms with Crippen LogP contribution in [0.5, 0.6) is 0 Å². The van der Waals surface area contributed by atoms with Crippen LogP contribution in [-0.4, -0.2) is 31.2 Å². The molecule has 0 radical (unpaired) electrons. The highest BCUT2D eigenvalue weighted by Gasteiger charge is 2.35. The minimum atomic E-state index is -0.347. The van der Waals surface area contributed by atoms with Crippen LogP contribution in [0.25, 0.3) is 0 Å². The van der Waals surface area contributed by atoms with Crippen molar-refractivity contribution in [2.24, 2.45) is 23.5 Å². The van der Waals surface area contributed by atoms with Crippen molar-refractivity contribution in [1.82, 2.24) is 5.32 Å². The molecule has 114 valence electrons. The van der Waals surface area contributed by atoms with Crippen LogP contribution in [0.4, 0.5) is 0 Å². The van der Waals surface area contributed by atoms with Gasteiger partial charge in [0, 0.05) is 19.3 Å². The number of ether oxygens (including phenoxy) is 1. The predicted octanol–water partition coefficient (Wildman–Crippen LogP) is 1.83. The van der Waals surface area contributed by atoms with Gasteiger partial charge in [-0.1, -0.05) is 19.3 Å². The fourth-order valence-electron chi connectivity index (χ4n) is 4.42. The number of rotatable bonds is 3. The molecule has 1 saturated heterocycles. The van der Waals surface area contributed by atoms with Gasteiger partial charge in [0.15, 0.2) is 0 Å². The molecule has 3 fully saturated rings. The van der Waals surface area contributed by atoms with E-state index in [4.69, 9.17) is 10.5 Å². The summed E-state index contributed by atoms with van der Waals surface area (Å²) in [6.07, 6.45) is 9.62. The van der Waals surface area contributed by atoms with Gasteiger partial charge in [-0.25, -0.2) is 0 Å². The van der Waals surface area contributed by atoms with Crippen LogP contribution in [-0.2, 0) is 9.53 Å². The van der Waals surface area contributed by atoms with Crippen molar-refractivity contribution in [2.45, 2.75) is 63.5 Å². The van der Waals surface area contributed by atoms with Gasteiger partial charge in [0.1, 0.15) is 0 Å². The summed E-state index contributed by atoms with van der Waals surface area (Å²) in [6, 6.07) is 0.0212. The molecular weight excluding hydrogens is 252 g/mol.